The van der Waals surface area contributed by atoms with E-state index in [2.05, 4.69) is 18.0 Å². The smallest absolute Gasteiger partial charge is 0.123 e. The van der Waals surface area contributed by atoms with Crippen molar-refractivity contribution < 1.29 is 4.39 Å². The number of hydrogen-bond donors (Lipinski definition) is 0. The number of halogens is 1. The lowest BCUT2D eigenvalue weighted by molar-refractivity contribution is 0.628. The molecule has 0 bridgehead atoms. The molecule has 1 aliphatic rings. The largest absolute Gasteiger partial charge is 0.280 e. The van der Waals surface area contributed by atoms with Gasteiger partial charge >= 0.3 is 0 Å². The van der Waals surface area contributed by atoms with Gasteiger partial charge < -0.3 is 0 Å². The van der Waals surface area contributed by atoms with Crippen molar-refractivity contribution in [1.82, 2.24) is 0 Å². The maximum Gasteiger partial charge on any atom is 0.123 e. The Morgan fingerprint density at radius 3 is 2.57 bits per heavy atom. The number of rotatable bonds is 2. The van der Waals surface area contributed by atoms with Crippen molar-refractivity contribution in [2.45, 2.75) is 13.3 Å². The number of aliphatic imine (C=N–C) groups is 1. The molecule has 0 N–H and O–H groups in total. The van der Waals surface area contributed by atoms with Crippen molar-refractivity contribution in [3.8, 4) is 0 Å². The van der Waals surface area contributed by atoms with Crippen molar-refractivity contribution in [3.63, 3.8) is 0 Å². The molecule has 0 saturated heterocycles. The van der Waals surface area contributed by atoms with Crippen LogP contribution in [0, 0.1) is 5.82 Å². The van der Waals surface area contributed by atoms with Crippen LogP contribution in [0.25, 0.3) is 0 Å². The summed E-state index contributed by atoms with van der Waals surface area (Å²) in [6.45, 7) is 2.91. The van der Waals surface area contributed by atoms with Crippen LogP contribution in [-0.4, -0.2) is 12.3 Å². The first-order valence-electron chi connectivity index (χ1n) is 4.79. The average Bonchev–Trinajstić information content (AvgIpc) is 2.67. The fourth-order valence-electron chi connectivity index (χ4n) is 1.48. The van der Waals surface area contributed by atoms with Crippen molar-refractivity contribution >= 4 is 5.71 Å². The van der Waals surface area contributed by atoms with Gasteiger partial charge in [0.15, 0.2) is 0 Å². The summed E-state index contributed by atoms with van der Waals surface area (Å²) in [4.78, 5) is 4.39. The van der Waals surface area contributed by atoms with Gasteiger partial charge in [-0.15, -0.1) is 0 Å². The summed E-state index contributed by atoms with van der Waals surface area (Å²) in [5, 5.41) is 0. The minimum absolute atomic E-state index is 0.202. The van der Waals surface area contributed by atoms with Gasteiger partial charge in [-0.05, 0) is 47.9 Å². The Labute approximate surface area is 83.0 Å². The van der Waals surface area contributed by atoms with E-state index in [9.17, 15) is 4.39 Å². The summed E-state index contributed by atoms with van der Waals surface area (Å²) in [5.41, 5.74) is 3.31. The zero-order valence-electron chi connectivity index (χ0n) is 8.13. The predicted molar refractivity (Wildman–Crippen MR) is 56.2 cm³/mol. The van der Waals surface area contributed by atoms with Crippen LogP contribution >= 0.6 is 0 Å². The van der Waals surface area contributed by atoms with E-state index < -0.39 is 0 Å². The van der Waals surface area contributed by atoms with Crippen LogP contribution in [-0.2, 0) is 0 Å². The third kappa shape index (κ3) is 1.74. The summed E-state index contributed by atoms with van der Waals surface area (Å²) < 4.78 is 12.7. The molecule has 72 valence electrons. The molecule has 2 rings (SSSR count). The van der Waals surface area contributed by atoms with Gasteiger partial charge in [0.1, 0.15) is 5.82 Å². The fourth-order valence-corrected chi connectivity index (χ4v) is 1.48. The molecular formula is C12H12FN. The molecule has 0 spiro atoms. The predicted octanol–water partition coefficient (Wildman–Crippen LogP) is 2.96. The van der Waals surface area contributed by atoms with Crippen LogP contribution in [0.3, 0.4) is 0 Å². The number of nitrogens with zero attached hydrogens (tertiary/aromatic N) is 1. The summed E-state index contributed by atoms with van der Waals surface area (Å²) >= 11 is 0. The quantitative estimate of drug-likeness (QED) is 0.678. The van der Waals surface area contributed by atoms with Crippen LogP contribution < -0.4 is 0 Å². The molecule has 14 heavy (non-hydrogen) atoms. The van der Waals surface area contributed by atoms with Gasteiger partial charge in [-0.25, -0.2) is 4.39 Å². The maximum atomic E-state index is 12.7. The molecule has 2 heteroatoms. The number of hydrogen-bond acceptors (Lipinski definition) is 1. The molecule has 0 saturated carbocycles. The van der Waals surface area contributed by atoms with E-state index in [1.807, 2.05) is 0 Å². The molecule has 0 aliphatic carbocycles. The molecule has 1 nitrogen and oxygen atoms in total. The van der Waals surface area contributed by atoms with Gasteiger partial charge in [0, 0.05) is 0 Å². The van der Waals surface area contributed by atoms with Crippen LogP contribution in [0.4, 0.5) is 4.39 Å². The molecule has 0 aromatic heterocycles. The minimum atomic E-state index is -0.202. The van der Waals surface area contributed by atoms with Gasteiger partial charge in [-0.1, -0.05) is 6.92 Å². The summed E-state index contributed by atoms with van der Waals surface area (Å²) in [5.74, 6) is -0.202. The molecule has 1 aromatic carbocycles. The van der Waals surface area contributed by atoms with E-state index in [0.29, 0.717) is 0 Å². The zero-order chi connectivity index (χ0) is 9.97. The van der Waals surface area contributed by atoms with E-state index in [1.165, 1.54) is 17.7 Å². The average molecular weight is 189 g/mol. The first kappa shape index (κ1) is 9.13. The molecule has 0 radical (unpaired) electrons. The van der Waals surface area contributed by atoms with E-state index in [4.69, 9.17) is 0 Å². The van der Waals surface area contributed by atoms with E-state index >= 15 is 0 Å². The SMILES string of the molecule is CCC1=CC(c2ccc(F)cc2)=NC1. The molecular weight excluding hydrogens is 177 g/mol. The molecule has 0 amide bonds. The van der Waals surface area contributed by atoms with E-state index in [1.54, 1.807) is 12.1 Å². The fraction of sp³-hybridized carbons (Fsp3) is 0.250. The normalized spacial score (nSPS) is 15.3. The van der Waals surface area contributed by atoms with Crippen LogP contribution in [0.2, 0.25) is 0 Å². The van der Waals surface area contributed by atoms with E-state index in [-0.39, 0.29) is 5.82 Å². The Balaban J connectivity index is 2.25. The van der Waals surface area contributed by atoms with Gasteiger partial charge in [-0.3, -0.25) is 4.99 Å². The van der Waals surface area contributed by atoms with Crippen molar-refractivity contribution in [2.24, 2.45) is 4.99 Å². The summed E-state index contributed by atoms with van der Waals surface area (Å²) in [7, 11) is 0. The second kappa shape index (κ2) is 3.74. The van der Waals surface area contributed by atoms with E-state index in [0.717, 1.165) is 24.2 Å². The zero-order valence-corrected chi connectivity index (χ0v) is 8.13. The maximum absolute atomic E-state index is 12.7. The summed E-state index contributed by atoms with van der Waals surface area (Å²) in [6, 6.07) is 6.47. The Morgan fingerprint density at radius 2 is 2.00 bits per heavy atom. The van der Waals surface area contributed by atoms with Crippen molar-refractivity contribution in [2.75, 3.05) is 6.54 Å². The lowest BCUT2D eigenvalue weighted by atomic mass is 10.1. The third-order valence-corrected chi connectivity index (χ3v) is 2.39. The molecule has 0 unspecified atom stereocenters. The first-order valence-corrected chi connectivity index (χ1v) is 4.79. The van der Waals surface area contributed by atoms with Gasteiger partial charge in [-0.2, -0.15) is 0 Å². The van der Waals surface area contributed by atoms with Gasteiger partial charge in [0.05, 0.1) is 12.3 Å². The van der Waals surface area contributed by atoms with Gasteiger partial charge in [0.25, 0.3) is 0 Å². The lowest BCUT2D eigenvalue weighted by Gasteiger charge is -1.96. The lowest BCUT2D eigenvalue weighted by Crippen LogP contribution is -1.93. The third-order valence-electron chi connectivity index (χ3n) is 2.39. The molecule has 1 aromatic rings. The van der Waals surface area contributed by atoms with Gasteiger partial charge in [0.2, 0.25) is 0 Å². The Kier molecular flexibility index (Phi) is 2.44. The molecule has 0 fully saturated rings. The number of benzene rings is 1. The summed E-state index contributed by atoms with van der Waals surface area (Å²) in [6.07, 6.45) is 3.13. The van der Waals surface area contributed by atoms with Crippen molar-refractivity contribution in [3.05, 3.63) is 47.3 Å². The Bertz CT molecular complexity index is 387. The second-order valence-corrected chi connectivity index (χ2v) is 3.36. The topological polar surface area (TPSA) is 12.4 Å². The standard InChI is InChI=1S/C12H12FN/c1-2-9-7-12(14-8-9)10-3-5-11(13)6-4-10/h3-7H,2,8H2,1H3. The van der Waals surface area contributed by atoms with Crippen LogP contribution in [0.1, 0.15) is 18.9 Å². The first-order chi connectivity index (χ1) is 6.79. The Morgan fingerprint density at radius 1 is 1.29 bits per heavy atom. The molecule has 0 atom stereocenters. The highest BCUT2D eigenvalue weighted by molar-refractivity contribution is 6.10. The highest BCUT2D eigenvalue weighted by atomic mass is 19.1. The highest BCUT2D eigenvalue weighted by Gasteiger charge is 2.08. The van der Waals surface area contributed by atoms with Crippen molar-refractivity contribution in [1.29, 1.82) is 0 Å². The monoisotopic (exact) mass is 189 g/mol. The van der Waals surface area contributed by atoms with Crippen LogP contribution in [0.15, 0.2) is 40.9 Å². The van der Waals surface area contributed by atoms with Crippen LogP contribution in [0.5, 0.6) is 0 Å². The minimum Gasteiger partial charge on any atom is -0.280 e. The highest BCUT2D eigenvalue weighted by Crippen LogP contribution is 2.14. The number of allylic oxidation sites excluding steroid dienone is 1. The Hall–Kier alpha value is -1.44. The molecule has 1 aliphatic heterocycles. The second-order valence-electron chi connectivity index (χ2n) is 3.36. The molecule has 1 heterocycles.